The second-order valence-corrected chi connectivity index (χ2v) is 6.35. The Morgan fingerprint density at radius 1 is 1.29 bits per heavy atom. The fourth-order valence-corrected chi connectivity index (χ4v) is 2.95. The lowest BCUT2D eigenvalue weighted by Crippen LogP contribution is -2.40. The van der Waals surface area contributed by atoms with Crippen LogP contribution >= 0.6 is 12.2 Å². The number of hydrogen-bond donors (Lipinski definition) is 2. The first-order valence-electron chi connectivity index (χ1n) is 8.63. The number of hydrogen-bond acceptors (Lipinski definition) is 4. The predicted molar refractivity (Wildman–Crippen MR) is 102 cm³/mol. The molecular formula is C18H27N3O2S. The van der Waals surface area contributed by atoms with Gasteiger partial charge in [0.25, 0.3) is 0 Å². The van der Waals surface area contributed by atoms with Gasteiger partial charge >= 0.3 is 0 Å². The van der Waals surface area contributed by atoms with Crippen molar-refractivity contribution in [3.05, 3.63) is 23.8 Å². The Morgan fingerprint density at radius 2 is 2.08 bits per heavy atom. The van der Waals surface area contributed by atoms with Crippen molar-refractivity contribution in [1.29, 1.82) is 0 Å². The monoisotopic (exact) mass is 349 g/mol. The molecule has 0 heterocycles. The van der Waals surface area contributed by atoms with Gasteiger partial charge in [0.1, 0.15) is 0 Å². The minimum atomic E-state index is 0.476. The Labute approximate surface area is 149 Å². The molecule has 0 atom stereocenters. The molecule has 2 rings (SSSR count). The first-order chi connectivity index (χ1) is 11.7. The zero-order valence-electron chi connectivity index (χ0n) is 14.5. The summed E-state index contributed by atoms with van der Waals surface area (Å²) in [6.45, 7) is 2.75. The van der Waals surface area contributed by atoms with Crippen molar-refractivity contribution >= 4 is 23.5 Å². The summed E-state index contributed by atoms with van der Waals surface area (Å²) in [5, 5.41) is 8.10. The molecule has 24 heavy (non-hydrogen) atoms. The van der Waals surface area contributed by atoms with E-state index in [0.29, 0.717) is 23.5 Å². The molecule has 0 radical (unpaired) electrons. The molecule has 6 heteroatoms. The Bertz CT molecular complexity index is 557. The topological polar surface area (TPSA) is 54.9 Å². The van der Waals surface area contributed by atoms with E-state index < -0.39 is 0 Å². The van der Waals surface area contributed by atoms with Crippen molar-refractivity contribution in [1.82, 2.24) is 10.7 Å². The van der Waals surface area contributed by atoms with Crippen LogP contribution in [0.2, 0.25) is 0 Å². The molecule has 1 aromatic rings. The van der Waals surface area contributed by atoms with E-state index in [1.165, 1.54) is 32.1 Å². The second-order valence-electron chi connectivity index (χ2n) is 5.94. The average molecular weight is 350 g/mol. The van der Waals surface area contributed by atoms with E-state index in [2.05, 4.69) is 22.8 Å². The van der Waals surface area contributed by atoms with E-state index in [1.807, 2.05) is 18.2 Å². The Kier molecular flexibility index (Phi) is 7.82. The predicted octanol–water partition coefficient (Wildman–Crippen LogP) is 3.61. The Balaban J connectivity index is 1.85. The van der Waals surface area contributed by atoms with E-state index in [9.17, 15) is 0 Å². The first kappa shape index (κ1) is 18.5. The van der Waals surface area contributed by atoms with E-state index in [0.717, 1.165) is 17.7 Å². The van der Waals surface area contributed by atoms with Gasteiger partial charge in [-0.1, -0.05) is 26.2 Å². The molecule has 1 aliphatic rings. The quantitative estimate of drug-likeness (QED) is 0.447. The van der Waals surface area contributed by atoms with E-state index in [1.54, 1.807) is 13.3 Å². The molecule has 132 valence electrons. The largest absolute Gasteiger partial charge is 0.493 e. The number of hydrazone groups is 1. The molecule has 0 unspecified atom stereocenters. The summed E-state index contributed by atoms with van der Waals surface area (Å²) in [6, 6.07) is 6.21. The maximum atomic E-state index is 5.64. The normalized spacial score (nSPS) is 15.2. The minimum Gasteiger partial charge on any atom is -0.493 e. The van der Waals surface area contributed by atoms with Gasteiger partial charge in [-0.3, -0.25) is 5.43 Å². The number of nitrogens with one attached hydrogen (secondary N) is 2. The number of thiocarbonyl (C=S) groups is 1. The summed E-state index contributed by atoms with van der Waals surface area (Å²) in [5.41, 5.74) is 3.80. The van der Waals surface area contributed by atoms with Gasteiger partial charge in [-0.25, -0.2) is 0 Å². The summed E-state index contributed by atoms with van der Waals surface area (Å²) < 4.78 is 11.0. The van der Waals surface area contributed by atoms with Crippen molar-refractivity contribution in [2.75, 3.05) is 13.7 Å². The SMILES string of the molecule is CCCOc1ccc(/C=N/NC(=S)NC2CCCCC2)cc1OC. The number of rotatable bonds is 7. The molecule has 1 saturated carbocycles. The van der Waals surface area contributed by atoms with Crippen LogP contribution < -0.4 is 20.2 Å². The highest BCUT2D eigenvalue weighted by molar-refractivity contribution is 7.80. The van der Waals surface area contributed by atoms with E-state index in [-0.39, 0.29) is 0 Å². The molecule has 0 amide bonds. The fourth-order valence-electron chi connectivity index (χ4n) is 2.73. The lowest BCUT2D eigenvalue weighted by atomic mass is 9.96. The third kappa shape index (κ3) is 6.00. The molecule has 2 N–H and O–H groups in total. The zero-order chi connectivity index (χ0) is 17.2. The van der Waals surface area contributed by atoms with Gasteiger partial charge in [0.05, 0.1) is 19.9 Å². The standard InChI is InChI=1S/C18H27N3O2S/c1-3-11-23-16-10-9-14(12-17(16)22-2)13-19-21-18(24)20-15-7-5-4-6-8-15/h9-10,12-13,15H,3-8,11H2,1-2H3,(H2,20,21,24)/b19-13+. The van der Waals surface area contributed by atoms with Crippen LogP contribution in [0, 0.1) is 0 Å². The van der Waals surface area contributed by atoms with Crippen molar-refractivity contribution < 1.29 is 9.47 Å². The molecule has 0 aliphatic heterocycles. The molecular weight excluding hydrogens is 322 g/mol. The summed E-state index contributed by atoms with van der Waals surface area (Å²) in [4.78, 5) is 0. The molecule has 0 spiro atoms. The third-order valence-electron chi connectivity index (χ3n) is 3.97. The highest BCUT2D eigenvalue weighted by Gasteiger charge is 2.13. The summed E-state index contributed by atoms with van der Waals surface area (Å²) in [6.07, 6.45) is 8.93. The summed E-state index contributed by atoms with van der Waals surface area (Å²) in [5.74, 6) is 1.45. The molecule has 1 aromatic carbocycles. The van der Waals surface area contributed by atoms with Crippen LogP contribution in [-0.4, -0.2) is 31.1 Å². The number of benzene rings is 1. The molecule has 0 bridgehead atoms. The lowest BCUT2D eigenvalue weighted by Gasteiger charge is -2.23. The van der Waals surface area contributed by atoms with Gasteiger partial charge in [0.2, 0.25) is 0 Å². The van der Waals surface area contributed by atoms with E-state index >= 15 is 0 Å². The number of methoxy groups -OCH3 is 1. The molecule has 1 aliphatic carbocycles. The summed E-state index contributed by atoms with van der Waals surface area (Å²) in [7, 11) is 1.64. The lowest BCUT2D eigenvalue weighted by molar-refractivity contribution is 0.294. The van der Waals surface area contributed by atoms with Crippen LogP contribution in [0.1, 0.15) is 51.0 Å². The van der Waals surface area contributed by atoms with E-state index in [4.69, 9.17) is 21.7 Å². The van der Waals surface area contributed by atoms with Crippen LogP contribution in [0.15, 0.2) is 23.3 Å². The second kappa shape index (κ2) is 10.1. The third-order valence-corrected chi connectivity index (χ3v) is 4.18. The van der Waals surface area contributed by atoms with Crippen LogP contribution in [0.25, 0.3) is 0 Å². The Hall–Kier alpha value is -1.82. The maximum Gasteiger partial charge on any atom is 0.187 e. The van der Waals surface area contributed by atoms with Crippen LogP contribution in [0.4, 0.5) is 0 Å². The minimum absolute atomic E-state index is 0.476. The average Bonchev–Trinajstić information content (AvgIpc) is 2.61. The molecule has 5 nitrogen and oxygen atoms in total. The van der Waals surface area contributed by atoms with Crippen LogP contribution in [0.3, 0.4) is 0 Å². The van der Waals surface area contributed by atoms with Crippen LogP contribution in [0.5, 0.6) is 11.5 Å². The molecule has 0 saturated heterocycles. The van der Waals surface area contributed by atoms with Crippen molar-refractivity contribution in [3.63, 3.8) is 0 Å². The van der Waals surface area contributed by atoms with Crippen molar-refractivity contribution in [2.45, 2.75) is 51.5 Å². The maximum absolute atomic E-state index is 5.64. The highest BCUT2D eigenvalue weighted by Crippen LogP contribution is 2.27. The van der Waals surface area contributed by atoms with Crippen molar-refractivity contribution in [2.24, 2.45) is 5.10 Å². The number of nitrogens with zero attached hydrogens (tertiary/aromatic N) is 1. The van der Waals surface area contributed by atoms with Gasteiger partial charge in [0.15, 0.2) is 16.6 Å². The molecule has 1 fully saturated rings. The van der Waals surface area contributed by atoms with Gasteiger partial charge in [-0.15, -0.1) is 0 Å². The van der Waals surface area contributed by atoms with Gasteiger partial charge in [-0.2, -0.15) is 5.10 Å². The van der Waals surface area contributed by atoms with Crippen LogP contribution in [-0.2, 0) is 0 Å². The Morgan fingerprint density at radius 3 is 2.79 bits per heavy atom. The zero-order valence-corrected chi connectivity index (χ0v) is 15.3. The van der Waals surface area contributed by atoms with Gasteiger partial charge in [-0.05, 0) is 55.2 Å². The summed E-state index contributed by atoms with van der Waals surface area (Å²) >= 11 is 5.29. The first-order valence-corrected chi connectivity index (χ1v) is 9.04. The number of ether oxygens (including phenoxy) is 2. The molecule has 0 aromatic heterocycles. The highest BCUT2D eigenvalue weighted by atomic mass is 32.1. The smallest absolute Gasteiger partial charge is 0.187 e. The fraction of sp³-hybridized carbons (Fsp3) is 0.556. The van der Waals surface area contributed by atoms with Crippen molar-refractivity contribution in [3.8, 4) is 11.5 Å². The van der Waals surface area contributed by atoms with Gasteiger partial charge in [0, 0.05) is 6.04 Å². The van der Waals surface area contributed by atoms with Gasteiger partial charge < -0.3 is 14.8 Å².